The summed E-state index contributed by atoms with van der Waals surface area (Å²) in [5.41, 5.74) is 2.94. The fourth-order valence-corrected chi connectivity index (χ4v) is 4.55. The molecule has 1 unspecified atom stereocenters. The molecule has 2 aromatic carbocycles. The van der Waals surface area contributed by atoms with Gasteiger partial charge in [0.25, 0.3) is 5.91 Å². The normalized spacial score (nSPS) is 16.2. The number of hydrogen-bond donors (Lipinski definition) is 1. The number of halogens is 1. The minimum absolute atomic E-state index is 0.0168. The monoisotopic (exact) mass is 451 g/mol. The summed E-state index contributed by atoms with van der Waals surface area (Å²) in [6.45, 7) is 3.40. The second-order valence-corrected chi connectivity index (χ2v) is 8.58. The molecular formula is C25H22FNO4S. The maximum atomic E-state index is 13.9. The van der Waals surface area contributed by atoms with E-state index >= 15 is 0 Å². The van der Waals surface area contributed by atoms with Gasteiger partial charge in [-0.15, -0.1) is 0 Å². The number of benzene rings is 2. The number of nitrogens with zero attached hydrogens (tertiary/aromatic N) is 1. The quantitative estimate of drug-likeness (QED) is 0.523. The Kier molecular flexibility index (Phi) is 5.84. The average Bonchev–Trinajstić information content (AvgIpc) is 3.41. The lowest BCUT2D eigenvalue weighted by Gasteiger charge is -2.28. The van der Waals surface area contributed by atoms with Crippen molar-refractivity contribution < 1.29 is 23.8 Å². The zero-order valence-corrected chi connectivity index (χ0v) is 18.7. The van der Waals surface area contributed by atoms with Gasteiger partial charge in [0, 0.05) is 23.2 Å². The number of ether oxygens (including phenoxy) is 1. The molecule has 1 aliphatic heterocycles. The van der Waals surface area contributed by atoms with Crippen molar-refractivity contribution in [2.45, 2.75) is 19.9 Å². The summed E-state index contributed by atoms with van der Waals surface area (Å²) in [5.74, 6) is -2.41. The van der Waals surface area contributed by atoms with Crippen LogP contribution in [0.2, 0.25) is 0 Å². The van der Waals surface area contributed by atoms with Crippen LogP contribution in [0.25, 0.3) is 11.1 Å². The smallest absolute Gasteiger partial charge is 0.294 e. The topological polar surface area (TPSA) is 66.8 Å². The van der Waals surface area contributed by atoms with Gasteiger partial charge in [-0.3, -0.25) is 14.5 Å². The Labute approximate surface area is 189 Å². The molecule has 7 heteroatoms. The Morgan fingerprint density at radius 2 is 1.84 bits per heavy atom. The van der Waals surface area contributed by atoms with Gasteiger partial charge in [0.05, 0.1) is 18.7 Å². The largest absolute Gasteiger partial charge is 0.503 e. The van der Waals surface area contributed by atoms with Gasteiger partial charge in [-0.2, -0.15) is 11.3 Å². The zero-order chi connectivity index (χ0) is 23.0. The Balaban J connectivity index is 1.86. The first-order valence-corrected chi connectivity index (χ1v) is 11.0. The summed E-state index contributed by atoms with van der Waals surface area (Å²) in [5, 5.41) is 14.7. The molecule has 164 valence electrons. The SMILES string of the molecule is COc1cc(F)ccc1C1C(C(=O)C(C)C)=C(O)C(=O)N1c1ccc(-c2ccsc2)cc1. The molecule has 1 atom stereocenters. The number of rotatable bonds is 6. The number of methoxy groups -OCH3 is 1. The molecule has 0 fully saturated rings. The molecule has 1 amide bonds. The van der Waals surface area contributed by atoms with Gasteiger partial charge in [-0.05, 0) is 52.2 Å². The molecule has 0 radical (unpaired) electrons. The third kappa shape index (κ3) is 3.69. The first kappa shape index (κ1) is 21.8. The Morgan fingerprint density at radius 3 is 2.44 bits per heavy atom. The Morgan fingerprint density at radius 1 is 1.12 bits per heavy atom. The lowest BCUT2D eigenvalue weighted by Crippen LogP contribution is -2.31. The second-order valence-electron chi connectivity index (χ2n) is 7.80. The van der Waals surface area contributed by atoms with Gasteiger partial charge in [0.1, 0.15) is 11.6 Å². The molecule has 4 rings (SSSR count). The third-order valence-electron chi connectivity index (χ3n) is 5.49. The van der Waals surface area contributed by atoms with E-state index in [2.05, 4.69) is 0 Å². The van der Waals surface area contributed by atoms with Crippen LogP contribution in [0.4, 0.5) is 10.1 Å². The second kappa shape index (κ2) is 8.59. The van der Waals surface area contributed by atoms with Crippen LogP contribution >= 0.6 is 11.3 Å². The molecule has 32 heavy (non-hydrogen) atoms. The van der Waals surface area contributed by atoms with E-state index in [-0.39, 0.29) is 17.1 Å². The predicted molar refractivity (Wildman–Crippen MR) is 122 cm³/mol. The number of Topliss-reactive ketones (excluding diaryl/α,β-unsaturated/α-hetero) is 1. The number of aliphatic hydroxyl groups excluding tert-OH is 1. The predicted octanol–water partition coefficient (Wildman–Crippen LogP) is 5.69. The number of amides is 1. The van der Waals surface area contributed by atoms with E-state index in [9.17, 15) is 19.1 Å². The van der Waals surface area contributed by atoms with Gasteiger partial charge in [0.15, 0.2) is 11.5 Å². The fourth-order valence-electron chi connectivity index (χ4n) is 3.88. The molecule has 0 spiro atoms. The standard InChI is InChI=1S/C25H22FNO4S/c1-14(2)23(28)21-22(19-9-6-17(26)12-20(19)31-3)27(25(30)24(21)29)18-7-4-15(5-8-18)16-10-11-32-13-16/h4-14,22,29H,1-3H3. The number of ketones is 1. The first-order valence-electron chi connectivity index (χ1n) is 10.1. The van der Waals surface area contributed by atoms with E-state index in [0.717, 1.165) is 11.1 Å². The van der Waals surface area contributed by atoms with Crippen molar-refractivity contribution in [1.82, 2.24) is 0 Å². The molecule has 2 heterocycles. The number of anilines is 1. The van der Waals surface area contributed by atoms with Crippen LogP contribution in [0.5, 0.6) is 5.75 Å². The van der Waals surface area contributed by atoms with Gasteiger partial charge in [-0.1, -0.05) is 26.0 Å². The van der Waals surface area contributed by atoms with Crippen molar-refractivity contribution in [2.24, 2.45) is 5.92 Å². The molecule has 0 aliphatic carbocycles. The number of thiophene rings is 1. The number of carbonyl (C=O) groups excluding carboxylic acids is 2. The summed E-state index contributed by atoms with van der Waals surface area (Å²) in [6, 6.07) is 12.3. The van der Waals surface area contributed by atoms with Crippen molar-refractivity contribution in [1.29, 1.82) is 0 Å². The van der Waals surface area contributed by atoms with E-state index in [1.165, 1.54) is 30.2 Å². The van der Waals surface area contributed by atoms with Crippen molar-refractivity contribution in [2.75, 3.05) is 12.0 Å². The molecule has 1 N–H and O–H groups in total. The molecule has 3 aromatic rings. The summed E-state index contributed by atoms with van der Waals surface area (Å²) >= 11 is 1.59. The van der Waals surface area contributed by atoms with Crippen LogP contribution < -0.4 is 9.64 Å². The van der Waals surface area contributed by atoms with E-state index in [1.807, 2.05) is 29.0 Å². The van der Waals surface area contributed by atoms with Crippen LogP contribution in [0.15, 0.2) is 70.6 Å². The molecule has 0 saturated heterocycles. The molecule has 0 bridgehead atoms. The van der Waals surface area contributed by atoms with Crippen molar-refractivity contribution in [3.8, 4) is 16.9 Å². The van der Waals surface area contributed by atoms with Gasteiger partial charge in [-0.25, -0.2) is 4.39 Å². The summed E-state index contributed by atoms with van der Waals surface area (Å²) in [7, 11) is 1.39. The van der Waals surface area contributed by atoms with Crippen molar-refractivity contribution in [3.63, 3.8) is 0 Å². The van der Waals surface area contributed by atoms with Crippen LogP contribution in [0.1, 0.15) is 25.5 Å². The maximum absolute atomic E-state index is 13.9. The van der Waals surface area contributed by atoms with Gasteiger partial charge in [0.2, 0.25) is 0 Å². The lowest BCUT2D eigenvalue weighted by atomic mass is 9.90. The highest BCUT2D eigenvalue weighted by atomic mass is 32.1. The van der Waals surface area contributed by atoms with Gasteiger partial charge >= 0.3 is 0 Å². The number of hydrogen-bond acceptors (Lipinski definition) is 5. The van der Waals surface area contributed by atoms with E-state index in [0.29, 0.717) is 11.3 Å². The molecule has 1 aromatic heterocycles. The Hall–Kier alpha value is -3.45. The highest BCUT2D eigenvalue weighted by Crippen LogP contribution is 2.45. The first-order chi connectivity index (χ1) is 15.3. The highest BCUT2D eigenvalue weighted by molar-refractivity contribution is 7.08. The highest BCUT2D eigenvalue weighted by Gasteiger charge is 2.45. The van der Waals surface area contributed by atoms with Crippen LogP contribution in [0.3, 0.4) is 0 Å². The van der Waals surface area contributed by atoms with E-state index in [4.69, 9.17) is 4.74 Å². The molecule has 1 aliphatic rings. The van der Waals surface area contributed by atoms with Crippen molar-refractivity contribution >= 4 is 28.7 Å². The zero-order valence-electron chi connectivity index (χ0n) is 17.8. The minimum atomic E-state index is -0.944. The van der Waals surface area contributed by atoms with E-state index in [1.54, 1.807) is 37.3 Å². The fraction of sp³-hybridized carbons (Fsp3) is 0.200. The lowest BCUT2D eigenvalue weighted by molar-refractivity contribution is -0.119. The van der Waals surface area contributed by atoms with Gasteiger partial charge < -0.3 is 9.84 Å². The number of aliphatic hydroxyl groups is 1. The number of carbonyl (C=O) groups is 2. The molecule has 5 nitrogen and oxygen atoms in total. The molecular weight excluding hydrogens is 429 g/mol. The summed E-state index contributed by atoms with van der Waals surface area (Å²) in [6.07, 6.45) is 0. The summed E-state index contributed by atoms with van der Waals surface area (Å²) in [4.78, 5) is 27.5. The van der Waals surface area contributed by atoms with Crippen LogP contribution in [-0.2, 0) is 9.59 Å². The third-order valence-corrected chi connectivity index (χ3v) is 6.17. The maximum Gasteiger partial charge on any atom is 0.294 e. The Bertz CT molecular complexity index is 1200. The minimum Gasteiger partial charge on any atom is -0.503 e. The van der Waals surface area contributed by atoms with E-state index < -0.39 is 29.4 Å². The average molecular weight is 452 g/mol. The van der Waals surface area contributed by atoms with Crippen molar-refractivity contribution in [3.05, 3.63) is 82.0 Å². The molecule has 0 saturated carbocycles. The van der Waals surface area contributed by atoms with Crippen LogP contribution in [0, 0.1) is 11.7 Å². The van der Waals surface area contributed by atoms with Crippen LogP contribution in [-0.4, -0.2) is 23.9 Å². The summed E-state index contributed by atoms with van der Waals surface area (Å²) < 4.78 is 19.2.